The standard InChI is InChI=1S/C12H13N3OS/c1-8(10-3-2-6-17-10)15-12(16)9-4-5-11(13)14-7-9/h2-8H,1H3,(H2,13,14)(H,15,16). The van der Waals surface area contributed by atoms with E-state index in [0.29, 0.717) is 11.4 Å². The van der Waals surface area contributed by atoms with Gasteiger partial charge in [0.2, 0.25) is 0 Å². The summed E-state index contributed by atoms with van der Waals surface area (Å²) >= 11 is 1.62. The number of carbonyl (C=O) groups excluding carboxylic acids is 1. The summed E-state index contributed by atoms with van der Waals surface area (Å²) < 4.78 is 0. The Kier molecular flexibility index (Phi) is 3.39. The molecule has 2 rings (SSSR count). The van der Waals surface area contributed by atoms with Crippen LogP contribution in [0.15, 0.2) is 35.8 Å². The van der Waals surface area contributed by atoms with Gasteiger partial charge in [0.1, 0.15) is 5.82 Å². The Morgan fingerprint density at radius 2 is 2.29 bits per heavy atom. The largest absolute Gasteiger partial charge is 0.384 e. The molecule has 0 fully saturated rings. The number of hydrogen-bond acceptors (Lipinski definition) is 4. The van der Waals surface area contributed by atoms with Crippen molar-refractivity contribution in [3.63, 3.8) is 0 Å². The Balaban J connectivity index is 2.04. The van der Waals surface area contributed by atoms with Gasteiger partial charge in [0.25, 0.3) is 5.91 Å². The number of nitrogens with zero attached hydrogens (tertiary/aromatic N) is 1. The Morgan fingerprint density at radius 3 is 2.88 bits per heavy atom. The van der Waals surface area contributed by atoms with Crippen LogP contribution < -0.4 is 11.1 Å². The van der Waals surface area contributed by atoms with Gasteiger partial charge in [-0.15, -0.1) is 11.3 Å². The highest BCUT2D eigenvalue weighted by atomic mass is 32.1. The topological polar surface area (TPSA) is 68.0 Å². The molecule has 2 heterocycles. The molecule has 0 aliphatic rings. The summed E-state index contributed by atoms with van der Waals surface area (Å²) in [7, 11) is 0. The predicted molar refractivity (Wildman–Crippen MR) is 68.8 cm³/mol. The van der Waals surface area contributed by atoms with Crippen molar-refractivity contribution < 1.29 is 4.79 Å². The van der Waals surface area contributed by atoms with Gasteiger partial charge in [0, 0.05) is 11.1 Å². The highest BCUT2D eigenvalue weighted by Crippen LogP contribution is 2.18. The Hall–Kier alpha value is -1.88. The summed E-state index contributed by atoms with van der Waals surface area (Å²) in [5.74, 6) is 0.270. The minimum Gasteiger partial charge on any atom is -0.384 e. The number of pyridine rings is 1. The van der Waals surface area contributed by atoms with Crippen molar-refractivity contribution >= 4 is 23.1 Å². The molecule has 0 aliphatic heterocycles. The minimum absolute atomic E-state index is 0.0000491. The van der Waals surface area contributed by atoms with Crippen molar-refractivity contribution in [3.05, 3.63) is 46.3 Å². The van der Waals surface area contributed by atoms with E-state index < -0.39 is 0 Å². The molecule has 0 aromatic carbocycles. The normalized spacial score (nSPS) is 12.1. The zero-order chi connectivity index (χ0) is 12.3. The monoisotopic (exact) mass is 247 g/mol. The number of hydrogen-bond donors (Lipinski definition) is 2. The fraction of sp³-hybridized carbons (Fsp3) is 0.167. The van der Waals surface area contributed by atoms with Crippen LogP contribution in [0.1, 0.15) is 28.2 Å². The molecule has 0 saturated heterocycles. The molecule has 1 amide bonds. The maximum atomic E-state index is 11.9. The van der Waals surface area contributed by atoms with E-state index in [9.17, 15) is 4.79 Å². The number of nitrogens with two attached hydrogens (primary N) is 1. The van der Waals surface area contributed by atoms with Crippen LogP contribution in [0.25, 0.3) is 0 Å². The highest BCUT2D eigenvalue weighted by Gasteiger charge is 2.11. The number of rotatable bonds is 3. The number of nitrogen functional groups attached to an aromatic ring is 1. The first kappa shape index (κ1) is 11.6. The molecular weight excluding hydrogens is 234 g/mol. The Morgan fingerprint density at radius 1 is 1.47 bits per heavy atom. The van der Waals surface area contributed by atoms with E-state index in [1.165, 1.54) is 6.20 Å². The molecule has 1 unspecified atom stereocenters. The number of thiophene rings is 1. The summed E-state index contributed by atoms with van der Waals surface area (Å²) in [6, 6.07) is 7.24. The summed E-state index contributed by atoms with van der Waals surface area (Å²) in [6.07, 6.45) is 1.48. The van der Waals surface area contributed by atoms with Crippen molar-refractivity contribution in [3.8, 4) is 0 Å². The second-order valence-electron chi connectivity index (χ2n) is 3.68. The van der Waals surface area contributed by atoms with Gasteiger partial charge in [-0.05, 0) is 30.5 Å². The quantitative estimate of drug-likeness (QED) is 0.873. The molecule has 5 heteroatoms. The highest BCUT2D eigenvalue weighted by molar-refractivity contribution is 7.10. The van der Waals surface area contributed by atoms with Crippen LogP contribution in [0.3, 0.4) is 0 Å². The molecule has 88 valence electrons. The van der Waals surface area contributed by atoms with Crippen molar-refractivity contribution in [1.29, 1.82) is 0 Å². The van der Waals surface area contributed by atoms with Gasteiger partial charge in [-0.2, -0.15) is 0 Å². The molecule has 0 bridgehead atoms. The lowest BCUT2D eigenvalue weighted by molar-refractivity contribution is 0.0940. The van der Waals surface area contributed by atoms with Crippen LogP contribution in [0.4, 0.5) is 5.82 Å². The molecular formula is C12H13N3OS. The van der Waals surface area contributed by atoms with E-state index in [1.54, 1.807) is 23.5 Å². The summed E-state index contributed by atoms with van der Waals surface area (Å²) in [5.41, 5.74) is 5.98. The second kappa shape index (κ2) is 4.97. The third-order valence-corrected chi connectivity index (χ3v) is 3.42. The molecule has 0 radical (unpaired) electrons. The number of nitrogens with one attached hydrogen (secondary N) is 1. The first-order valence-corrected chi connectivity index (χ1v) is 6.10. The third-order valence-electron chi connectivity index (χ3n) is 2.37. The van der Waals surface area contributed by atoms with E-state index in [0.717, 1.165) is 4.88 Å². The zero-order valence-corrected chi connectivity index (χ0v) is 10.2. The number of carbonyl (C=O) groups is 1. The molecule has 2 aromatic rings. The minimum atomic E-state index is -0.140. The average Bonchev–Trinajstić information content (AvgIpc) is 2.83. The van der Waals surface area contributed by atoms with Crippen LogP contribution in [-0.2, 0) is 0 Å². The third kappa shape index (κ3) is 2.82. The van der Waals surface area contributed by atoms with Gasteiger partial charge < -0.3 is 11.1 Å². The molecule has 17 heavy (non-hydrogen) atoms. The smallest absolute Gasteiger partial charge is 0.253 e. The van der Waals surface area contributed by atoms with E-state index in [1.807, 2.05) is 24.4 Å². The zero-order valence-electron chi connectivity index (χ0n) is 9.38. The van der Waals surface area contributed by atoms with Gasteiger partial charge in [-0.25, -0.2) is 4.98 Å². The van der Waals surface area contributed by atoms with E-state index in [2.05, 4.69) is 10.3 Å². The van der Waals surface area contributed by atoms with Crippen molar-refractivity contribution in [2.75, 3.05) is 5.73 Å². The average molecular weight is 247 g/mol. The van der Waals surface area contributed by atoms with Crippen molar-refractivity contribution in [1.82, 2.24) is 10.3 Å². The van der Waals surface area contributed by atoms with E-state index >= 15 is 0 Å². The number of amides is 1. The van der Waals surface area contributed by atoms with Crippen molar-refractivity contribution in [2.45, 2.75) is 13.0 Å². The van der Waals surface area contributed by atoms with Gasteiger partial charge in [0.05, 0.1) is 11.6 Å². The van der Waals surface area contributed by atoms with Crippen LogP contribution in [0, 0.1) is 0 Å². The fourth-order valence-corrected chi connectivity index (χ4v) is 2.16. The number of aromatic nitrogens is 1. The number of anilines is 1. The second-order valence-corrected chi connectivity index (χ2v) is 4.66. The summed E-state index contributed by atoms with van der Waals surface area (Å²) in [5, 5.41) is 4.90. The molecule has 2 aromatic heterocycles. The van der Waals surface area contributed by atoms with Crippen LogP contribution >= 0.6 is 11.3 Å². The predicted octanol–water partition coefficient (Wildman–Crippen LogP) is 2.22. The molecule has 4 nitrogen and oxygen atoms in total. The van der Waals surface area contributed by atoms with E-state index in [-0.39, 0.29) is 11.9 Å². The summed E-state index contributed by atoms with van der Waals surface area (Å²) in [6.45, 7) is 1.95. The molecule has 0 saturated carbocycles. The lowest BCUT2D eigenvalue weighted by atomic mass is 10.2. The fourth-order valence-electron chi connectivity index (χ4n) is 1.43. The van der Waals surface area contributed by atoms with E-state index in [4.69, 9.17) is 5.73 Å². The lowest BCUT2D eigenvalue weighted by Crippen LogP contribution is -2.26. The first-order valence-electron chi connectivity index (χ1n) is 5.22. The molecule has 0 spiro atoms. The van der Waals surface area contributed by atoms with Crippen molar-refractivity contribution in [2.24, 2.45) is 0 Å². The molecule has 0 aliphatic carbocycles. The SMILES string of the molecule is CC(NC(=O)c1ccc(N)nc1)c1cccs1. The van der Waals surface area contributed by atoms with Gasteiger partial charge >= 0.3 is 0 Å². The van der Waals surface area contributed by atoms with Crippen LogP contribution in [0.2, 0.25) is 0 Å². The maximum Gasteiger partial charge on any atom is 0.253 e. The van der Waals surface area contributed by atoms with Gasteiger partial charge in [-0.3, -0.25) is 4.79 Å². The summed E-state index contributed by atoms with van der Waals surface area (Å²) in [4.78, 5) is 16.9. The lowest BCUT2D eigenvalue weighted by Gasteiger charge is -2.11. The van der Waals surface area contributed by atoms with Gasteiger partial charge in [-0.1, -0.05) is 6.07 Å². The Labute approximate surface area is 103 Å². The maximum absolute atomic E-state index is 11.9. The molecule has 3 N–H and O–H groups in total. The molecule has 1 atom stereocenters. The van der Waals surface area contributed by atoms with Crippen LogP contribution in [0.5, 0.6) is 0 Å². The first-order chi connectivity index (χ1) is 8.16. The Bertz CT molecular complexity index is 493. The van der Waals surface area contributed by atoms with Crippen LogP contribution in [-0.4, -0.2) is 10.9 Å². The van der Waals surface area contributed by atoms with Gasteiger partial charge in [0.15, 0.2) is 0 Å².